The summed E-state index contributed by atoms with van der Waals surface area (Å²) in [6.45, 7) is 5.62. The Hall–Kier alpha value is -2.57. The summed E-state index contributed by atoms with van der Waals surface area (Å²) in [6, 6.07) is 5.38. The molecule has 2 amide bonds. The number of nitrogens with one attached hydrogen (secondary N) is 2. The molecule has 2 rings (SSSR count). The van der Waals surface area contributed by atoms with E-state index in [-0.39, 0.29) is 6.04 Å². The lowest BCUT2D eigenvalue weighted by Gasteiger charge is -2.19. The first-order valence-corrected chi connectivity index (χ1v) is 7.37. The number of urea groups is 1. The normalized spacial score (nSPS) is 12.1. The van der Waals surface area contributed by atoms with Crippen LogP contribution >= 0.6 is 0 Å². The first-order chi connectivity index (χ1) is 10.9. The number of hydrogen-bond acceptors (Lipinski definition) is 3. The summed E-state index contributed by atoms with van der Waals surface area (Å²) in [5.41, 5.74) is 0.308. The summed E-state index contributed by atoms with van der Waals surface area (Å²) in [5.74, 6) is 0.541. The first-order valence-electron chi connectivity index (χ1n) is 7.37. The minimum atomic E-state index is -0.554. The number of carbonyl (C=O) groups is 1. The molecule has 2 aromatic rings. The molecule has 1 heterocycles. The third kappa shape index (κ3) is 3.80. The van der Waals surface area contributed by atoms with Gasteiger partial charge in [0.15, 0.2) is 0 Å². The maximum Gasteiger partial charge on any atom is 0.320 e. The summed E-state index contributed by atoms with van der Waals surface area (Å²) >= 11 is 0. The van der Waals surface area contributed by atoms with E-state index in [0.717, 1.165) is 0 Å². The quantitative estimate of drug-likeness (QED) is 0.886. The van der Waals surface area contributed by atoms with Crippen LogP contribution in [0.2, 0.25) is 0 Å². The molecule has 0 aliphatic rings. The molecule has 1 atom stereocenters. The molecule has 6 nitrogen and oxygen atoms in total. The maximum absolute atomic E-state index is 14.0. The molecule has 1 unspecified atom stereocenters. The van der Waals surface area contributed by atoms with E-state index in [1.165, 1.54) is 13.2 Å². The van der Waals surface area contributed by atoms with Gasteiger partial charge in [0.05, 0.1) is 24.9 Å². The molecule has 2 N–H and O–H groups in total. The van der Waals surface area contributed by atoms with Crippen LogP contribution in [0.4, 0.5) is 15.0 Å². The fourth-order valence-electron chi connectivity index (χ4n) is 2.36. The molecule has 124 valence electrons. The van der Waals surface area contributed by atoms with E-state index in [4.69, 9.17) is 4.74 Å². The number of ether oxygens (including phenoxy) is 1. The van der Waals surface area contributed by atoms with E-state index in [1.54, 1.807) is 36.0 Å². The highest BCUT2D eigenvalue weighted by Crippen LogP contribution is 2.27. The predicted molar refractivity (Wildman–Crippen MR) is 86.1 cm³/mol. The lowest BCUT2D eigenvalue weighted by molar-refractivity contribution is 0.248. The van der Waals surface area contributed by atoms with Gasteiger partial charge in [0, 0.05) is 12.1 Å². The molecule has 0 aliphatic heterocycles. The average Bonchev–Trinajstić information content (AvgIpc) is 2.94. The number of methoxy groups -OCH3 is 1. The van der Waals surface area contributed by atoms with Crippen molar-refractivity contribution < 1.29 is 13.9 Å². The zero-order chi connectivity index (χ0) is 17.0. The minimum absolute atomic E-state index is 0.115. The van der Waals surface area contributed by atoms with Gasteiger partial charge in [0.2, 0.25) is 0 Å². The van der Waals surface area contributed by atoms with Crippen LogP contribution in [-0.2, 0) is 0 Å². The number of benzene rings is 1. The molecule has 0 radical (unpaired) electrons. The summed E-state index contributed by atoms with van der Waals surface area (Å²) in [7, 11) is 1.46. The number of amides is 2. The highest BCUT2D eigenvalue weighted by molar-refractivity contribution is 5.88. The van der Waals surface area contributed by atoms with Gasteiger partial charge in [-0.1, -0.05) is 6.07 Å². The van der Waals surface area contributed by atoms with Crippen LogP contribution in [-0.4, -0.2) is 22.9 Å². The second-order valence-corrected chi connectivity index (χ2v) is 5.43. The first kappa shape index (κ1) is 16.8. The Balaban J connectivity index is 2.10. The lowest BCUT2D eigenvalue weighted by Crippen LogP contribution is -2.32. The zero-order valence-corrected chi connectivity index (χ0v) is 13.6. The summed E-state index contributed by atoms with van der Waals surface area (Å²) < 4.78 is 20.9. The highest BCUT2D eigenvalue weighted by Gasteiger charge is 2.19. The number of aromatic nitrogens is 2. The lowest BCUT2D eigenvalue weighted by atomic mass is 10.1. The van der Waals surface area contributed by atoms with Gasteiger partial charge >= 0.3 is 6.03 Å². The van der Waals surface area contributed by atoms with Crippen molar-refractivity contribution in [2.45, 2.75) is 32.9 Å². The third-order valence-corrected chi connectivity index (χ3v) is 3.41. The van der Waals surface area contributed by atoms with Gasteiger partial charge in [0.1, 0.15) is 17.4 Å². The van der Waals surface area contributed by atoms with Crippen LogP contribution in [0.3, 0.4) is 0 Å². The Morgan fingerprint density at radius 2 is 2.04 bits per heavy atom. The Bertz CT molecular complexity index is 684. The van der Waals surface area contributed by atoms with Gasteiger partial charge in [-0.2, -0.15) is 5.10 Å². The number of rotatable bonds is 5. The monoisotopic (exact) mass is 320 g/mol. The molecule has 0 saturated carbocycles. The van der Waals surface area contributed by atoms with E-state index in [1.807, 2.05) is 13.8 Å². The topological polar surface area (TPSA) is 68.2 Å². The van der Waals surface area contributed by atoms with Crippen LogP contribution in [0, 0.1) is 5.82 Å². The van der Waals surface area contributed by atoms with Crippen molar-refractivity contribution in [2.24, 2.45) is 0 Å². The largest absolute Gasteiger partial charge is 0.496 e. The molecular formula is C16H21FN4O2. The Labute approximate surface area is 134 Å². The molecule has 0 bridgehead atoms. The van der Waals surface area contributed by atoms with E-state index in [9.17, 15) is 9.18 Å². The molecule has 0 fully saturated rings. The Kier molecular flexibility index (Phi) is 5.20. The van der Waals surface area contributed by atoms with Gasteiger partial charge in [0.25, 0.3) is 0 Å². The van der Waals surface area contributed by atoms with E-state index in [2.05, 4.69) is 15.7 Å². The number of hydrogen-bond donors (Lipinski definition) is 2. The molecular weight excluding hydrogens is 299 g/mol. The zero-order valence-electron chi connectivity index (χ0n) is 13.6. The van der Waals surface area contributed by atoms with Crippen LogP contribution in [0.5, 0.6) is 5.75 Å². The van der Waals surface area contributed by atoms with Crippen LogP contribution in [0.15, 0.2) is 30.5 Å². The molecule has 7 heteroatoms. The average molecular weight is 320 g/mol. The van der Waals surface area contributed by atoms with Gasteiger partial charge in [-0.15, -0.1) is 0 Å². The van der Waals surface area contributed by atoms with Crippen molar-refractivity contribution in [1.29, 1.82) is 0 Å². The predicted octanol–water partition coefficient (Wildman–Crippen LogP) is 3.49. The highest BCUT2D eigenvalue weighted by atomic mass is 19.1. The smallest absolute Gasteiger partial charge is 0.320 e. The standard InChI is InChI=1S/C16H21FN4O2/c1-10(2)21-14(8-9-18-21)20-16(22)19-11(3)15-12(17)6-5-7-13(15)23-4/h5-11H,1-4H3,(H2,19,20,22). The fraction of sp³-hybridized carbons (Fsp3) is 0.375. The molecule has 1 aromatic heterocycles. The van der Waals surface area contributed by atoms with Crippen molar-refractivity contribution in [2.75, 3.05) is 12.4 Å². The maximum atomic E-state index is 14.0. The van der Waals surface area contributed by atoms with Gasteiger partial charge in [-0.3, -0.25) is 5.32 Å². The van der Waals surface area contributed by atoms with Crippen molar-refractivity contribution in [3.63, 3.8) is 0 Å². The van der Waals surface area contributed by atoms with Crippen LogP contribution in [0.25, 0.3) is 0 Å². The second-order valence-electron chi connectivity index (χ2n) is 5.43. The van der Waals surface area contributed by atoms with Crippen LogP contribution < -0.4 is 15.4 Å². The van der Waals surface area contributed by atoms with Gasteiger partial charge in [-0.25, -0.2) is 13.9 Å². The van der Waals surface area contributed by atoms with Crippen molar-refractivity contribution in [1.82, 2.24) is 15.1 Å². The second kappa shape index (κ2) is 7.13. The summed E-state index contributed by atoms with van der Waals surface area (Å²) in [5, 5.41) is 9.56. The van der Waals surface area contributed by atoms with E-state index in [0.29, 0.717) is 17.1 Å². The summed E-state index contributed by atoms with van der Waals surface area (Å²) in [4.78, 5) is 12.2. The van der Waals surface area contributed by atoms with Crippen molar-refractivity contribution in [3.05, 3.63) is 41.8 Å². The van der Waals surface area contributed by atoms with Crippen molar-refractivity contribution >= 4 is 11.8 Å². The summed E-state index contributed by atoms with van der Waals surface area (Å²) in [6.07, 6.45) is 1.61. The van der Waals surface area contributed by atoms with Gasteiger partial charge < -0.3 is 10.1 Å². The Morgan fingerprint density at radius 3 is 2.70 bits per heavy atom. The number of nitrogens with zero attached hydrogens (tertiary/aromatic N) is 2. The number of anilines is 1. The number of halogens is 1. The van der Waals surface area contributed by atoms with E-state index >= 15 is 0 Å². The molecule has 0 aliphatic carbocycles. The van der Waals surface area contributed by atoms with Crippen LogP contribution in [0.1, 0.15) is 38.4 Å². The minimum Gasteiger partial charge on any atom is -0.496 e. The fourth-order valence-corrected chi connectivity index (χ4v) is 2.36. The Morgan fingerprint density at radius 1 is 1.30 bits per heavy atom. The molecule has 0 saturated heterocycles. The number of carbonyl (C=O) groups excluding carboxylic acids is 1. The molecule has 0 spiro atoms. The molecule has 1 aromatic carbocycles. The third-order valence-electron chi connectivity index (χ3n) is 3.41. The van der Waals surface area contributed by atoms with E-state index < -0.39 is 17.9 Å². The van der Waals surface area contributed by atoms with Gasteiger partial charge in [-0.05, 0) is 32.9 Å². The molecule has 23 heavy (non-hydrogen) atoms. The SMILES string of the molecule is COc1cccc(F)c1C(C)NC(=O)Nc1ccnn1C(C)C. The van der Waals surface area contributed by atoms with Crippen molar-refractivity contribution in [3.8, 4) is 5.75 Å².